The lowest BCUT2D eigenvalue weighted by Crippen LogP contribution is -2.14. The van der Waals surface area contributed by atoms with Gasteiger partial charge in [-0.25, -0.2) is 0 Å². The fourth-order valence-electron chi connectivity index (χ4n) is 2.07. The summed E-state index contributed by atoms with van der Waals surface area (Å²) >= 11 is 0. The molecular formula is C14H18N4O. The van der Waals surface area contributed by atoms with E-state index in [1.165, 1.54) is 0 Å². The smallest absolute Gasteiger partial charge is 0.278 e. The summed E-state index contributed by atoms with van der Waals surface area (Å²) in [6, 6.07) is 5.87. The highest BCUT2D eigenvalue weighted by Crippen LogP contribution is 2.18. The van der Waals surface area contributed by atoms with Gasteiger partial charge in [0.25, 0.3) is 5.91 Å². The molecule has 0 aliphatic carbocycles. The molecule has 0 atom stereocenters. The molecule has 19 heavy (non-hydrogen) atoms. The van der Waals surface area contributed by atoms with Crippen molar-refractivity contribution in [3.63, 3.8) is 0 Å². The highest BCUT2D eigenvalue weighted by atomic mass is 16.2. The van der Waals surface area contributed by atoms with E-state index in [1.807, 2.05) is 39.0 Å². The number of H-pyrrole nitrogens is 1. The van der Waals surface area contributed by atoms with E-state index < -0.39 is 0 Å². The van der Waals surface area contributed by atoms with Crippen molar-refractivity contribution in [2.45, 2.75) is 27.2 Å². The summed E-state index contributed by atoms with van der Waals surface area (Å²) in [5, 5.41) is 9.56. The monoisotopic (exact) mass is 258 g/mol. The number of carbonyl (C=O) groups is 1. The van der Waals surface area contributed by atoms with E-state index in [0.717, 1.165) is 28.9 Å². The van der Waals surface area contributed by atoms with Gasteiger partial charge in [0.1, 0.15) is 0 Å². The van der Waals surface area contributed by atoms with Crippen molar-refractivity contribution in [2.75, 3.05) is 11.1 Å². The highest BCUT2D eigenvalue weighted by molar-refractivity contribution is 6.06. The number of hydrogen-bond donors (Lipinski definition) is 3. The predicted molar refractivity (Wildman–Crippen MR) is 76.2 cm³/mol. The molecule has 2 aromatic rings. The second-order valence-corrected chi connectivity index (χ2v) is 4.65. The lowest BCUT2D eigenvalue weighted by molar-refractivity contribution is 0.102. The minimum absolute atomic E-state index is 0.246. The maximum atomic E-state index is 12.1. The van der Waals surface area contributed by atoms with Crippen LogP contribution in [0.4, 0.5) is 11.4 Å². The molecule has 1 aromatic carbocycles. The molecule has 0 radical (unpaired) electrons. The van der Waals surface area contributed by atoms with Gasteiger partial charge in [-0.15, -0.1) is 0 Å². The minimum Gasteiger partial charge on any atom is -0.395 e. The van der Waals surface area contributed by atoms with Crippen LogP contribution in [0.1, 0.15) is 34.2 Å². The zero-order valence-electron chi connectivity index (χ0n) is 11.4. The number of aryl methyl sites for hydroxylation is 3. The maximum Gasteiger partial charge on any atom is 0.278 e. The van der Waals surface area contributed by atoms with Gasteiger partial charge < -0.3 is 11.1 Å². The Morgan fingerprint density at radius 3 is 2.47 bits per heavy atom. The average Bonchev–Trinajstić information content (AvgIpc) is 2.68. The third-order valence-electron chi connectivity index (χ3n) is 2.93. The molecule has 0 bridgehead atoms. The lowest BCUT2D eigenvalue weighted by atomic mass is 10.1. The van der Waals surface area contributed by atoms with E-state index in [1.54, 1.807) is 0 Å². The second kappa shape index (κ2) is 5.14. The van der Waals surface area contributed by atoms with Crippen LogP contribution in [0.25, 0.3) is 0 Å². The van der Waals surface area contributed by atoms with E-state index in [9.17, 15) is 4.79 Å². The molecule has 0 aliphatic rings. The molecule has 0 saturated heterocycles. The number of nitrogens with zero attached hydrogens (tertiary/aromatic N) is 1. The van der Waals surface area contributed by atoms with Gasteiger partial charge in [0.05, 0.1) is 11.4 Å². The van der Waals surface area contributed by atoms with Gasteiger partial charge in [0.2, 0.25) is 0 Å². The number of amides is 1. The predicted octanol–water partition coefficient (Wildman–Crippen LogP) is 2.42. The van der Waals surface area contributed by atoms with Crippen molar-refractivity contribution in [1.82, 2.24) is 10.2 Å². The summed E-state index contributed by atoms with van der Waals surface area (Å²) in [5.41, 5.74) is 10.3. The molecular weight excluding hydrogens is 240 g/mol. The van der Waals surface area contributed by atoms with Crippen molar-refractivity contribution in [2.24, 2.45) is 0 Å². The Labute approximate surface area is 112 Å². The SMILES string of the molecule is CCc1[nH]nc(C(=O)Nc2cc(C)cc(C)c2)c1N. The lowest BCUT2D eigenvalue weighted by Gasteiger charge is -2.06. The molecule has 1 aromatic heterocycles. The Balaban J connectivity index is 2.23. The zero-order chi connectivity index (χ0) is 14.0. The molecule has 0 spiro atoms. The third-order valence-corrected chi connectivity index (χ3v) is 2.93. The van der Waals surface area contributed by atoms with E-state index in [0.29, 0.717) is 5.69 Å². The fourth-order valence-corrected chi connectivity index (χ4v) is 2.07. The number of aromatic amines is 1. The van der Waals surface area contributed by atoms with Crippen LogP contribution in [-0.2, 0) is 6.42 Å². The molecule has 1 heterocycles. The van der Waals surface area contributed by atoms with Crippen LogP contribution in [0.3, 0.4) is 0 Å². The average molecular weight is 258 g/mol. The topological polar surface area (TPSA) is 83.8 Å². The van der Waals surface area contributed by atoms with Gasteiger partial charge >= 0.3 is 0 Å². The Morgan fingerprint density at radius 1 is 1.32 bits per heavy atom. The molecule has 0 saturated carbocycles. The van der Waals surface area contributed by atoms with Gasteiger partial charge in [0, 0.05) is 5.69 Å². The quantitative estimate of drug-likeness (QED) is 0.790. The van der Waals surface area contributed by atoms with Crippen molar-refractivity contribution in [1.29, 1.82) is 0 Å². The number of benzene rings is 1. The Bertz CT molecular complexity index is 596. The standard InChI is InChI=1S/C14H18N4O/c1-4-11-12(15)13(18-17-11)14(19)16-10-6-8(2)5-9(3)7-10/h5-7H,4,15H2,1-3H3,(H,16,19)(H,17,18). The van der Waals surface area contributed by atoms with Crippen LogP contribution >= 0.6 is 0 Å². The zero-order valence-corrected chi connectivity index (χ0v) is 11.4. The molecule has 0 unspecified atom stereocenters. The van der Waals surface area contributed by atoms with Crippen LogP contribution < -0.4 is 11.1 Å². The van der Waals surface area contributed by atoms with E-state index in [-0.39, 0.29) is 11.6 Å². The summed E-state index contributed by atoms with van der Waals surface area (Å²) in [7, 11) is 0. The summed E-state index contributed by atoms with van der Waals surface area (Å²) in [6.45, 7) is 5.93. The molecule has 1 amide bonds. The third kappa shape index (κ3) is 2.76. The summed E-state index contributed by atoms with van der Waals surface area (Å²) in [6.07, 6.45) is 0.718. The van der Waals surface area contributed by atoms with Gasteiger partial charge in [-0.3, -0.25) is 9.89 Å². The summed E-state index contributed by atoms with van der Waals surface area (Å²) in [5.74, 6) is -0.293. The highest BCUT2D eigenvalue weighted by Gasteiger charge is 2.16. The Morgan fingerprint density at radius 2 is 1.95 bits per heavy atom. The fraction of sp³-hybridized carbons (Fsp3) is 0.286. The number of aromatic nitrogens is 2. The van der Waals surface area contributed by atoms with Crippen LogP contribution in [0.2, 0.25) is 0 Å². The van der Waals surface area contributed by atoms with Crippen LogP contribution in [-0.4, -0.2) is 16.1 Å². The first-order valence-corrected chi connectivity index (χ1v) is 6.23. The normalized spacial score (nSPS) is 10.5. The maximum absolute atomic E-state index is 12.1. The van der Waals surface area contributed by atoms with E-state index in [2.05, 4.69) is 15.5 Å². The molecule has 5 heteroatoms. The molecule has 2 rings (SSSR count). The first-order valence-electron chi connectivity index (χ1n) is 6.23. The van der Waals surface area contributed by atoms with Gasteiger partial charge in [0.15, 0.2) is 5.69 Å². The van der Waals surface area contributed by atoms with Gasteiger partial charge in [-0.05, 0) is 43.5 Å². The Hall–Kier alpha value is -2.30. The van der Waals surface area contributed by atoms with Gasteiger partial charge in [-0.2, -0.15) is 5.10 Å². The number of rotatable bonds is 3. The molecule has 4 N–H and O–H groups in total. The van der Waals surface area contributed by atoms with E-state index >= 15 is 0 Å². The summed E-state index contributed by atoms with van der Waals surface area (Å²) in [4.78, 5) is 12.1. The minimum atomic E-state index is -0.293. The number of nitrogens with one attached hydrogen (secondary N) is 2. The second-order valence-electron chi connectivity index (χ2n) is 4.65. The van der Waals surface area contributed by atoms with E-state index in [4.69, 9.17) is 5.73 Å². The van der Waals surface area contributed by atoms with Crippen molar-refractivity contribution < 1.29 is 4.79 Å². The van der Waals surface area contributed by atoms with Gasteiger partial charge in [-0.1, -0.05) is 13.0 Å². The number of carbonyl (C=O) groups excluding carboxylic acids is 1. The molecule has 0 aliphatic heterocycles. The number of nitrogen functional groups attached to an aromatic ring is 1. The van der Waals surface area contributed by atoms with Crippen LogP contribution in [0.5, 0.6) is 0 Å². The largest absolute Gasteiger partial charge is 0.395 e. The number of nitrogens with two attached hydrogens (primary N) is 1. The number of hydrogen-bond acceptors (Lipinski definition) is 3. The molecule has 0 fully saturated rings. The first-order chi connectivity index (χ1) is 9.01. The molecule has 5 nitrogen and oxygen atoms in total. The Kier molecular flexibility index (Phi) is 3.55. The van der Waals surface area contributed by atoms with Crippen molar-refractivity contribution >= 4 is 17.3 Å². The number of anilines is 2. The van der Waals surface area contributed by atoms with Crippen molar-refractivity contribution in [3.8, 4) is 0 Å². The van der Waals surface area contributed by atoms with Crippen LogP contribution in [0.15, 0.2) is 18.2 Å². The summed E-state index contributed by atoms with van der Waals surface area (Å²) < 4.78 is 0. The first kappa shape index (κ1) is 13.1. The molecule has 100 valence electrons. The van der Waals surface area contributed by atoms with Crippen molar-refractivity contribution in [3.05, 3.63) is 40.7 Å². The van der Waals surface area contributed by atoms with Crippen LogP contribution in [0, 0.1) is 13.8 Å².